The molecule has 0 spiro atoms. The van der Waals surface area contributed by atoms with Gasteiger partial charge in [0.25, 0.3) is 0 Å². The van der Waals surface area contributed by atoms with Gasteiger partial charge in [-0.25, -0.2) is 0 Å². The van der Waals surface area contributed by atoms with Crippen LogP contribution in [0.4, 0.5) is 0 Å². The molecule has 3 rings (SSSR count). The topological polar surface area (TPSA) is 40.6 Å². The van der Waals surface area contributed by atoms with Gasteiger partial charge < -0.3 is 14.0 Å². The van der Waals surface area contributed by atoms with E-state index in [0.29, 0.717) is 6.10 Å². The van der Waals surface area contributed by atoms with E-state index >= 15 is 0 Å². The average molecular weight is 387 g/mol. The molecule has 1 aliphatic carbocycles. The molecule has 2 aliphatic rings. The quantitative estimate of drug-likeness (QED) is 0.591. The maximum Gasteiger partial charge on any atom is 0.514 e. The van der Waals surface area contributed by atoms with Crippen LogP contribution in [-0.4, -0.2) is 29.4 Å². The fourth-order valence-corrected chi connectivity index (χ4v) is 2.41. The van der Waals surface area contributed by atoms with Gasteiger partial charge in [-0.3, -0.25) is 4.98 Å². The Morgan fingerprint density at radius 3 is 2.40 bits per heavy atom. The Bertz CT molecular complexity index is 515. The van der Waals surface area contributed by atoms with Crippen LogP contribution in [0.2, 0.25) is 0 Å². The van der Waals surface area contributed by atoms with Crippen molar-refractivity contribution in [3.63, 3.8) is 0 Å². The number of hydrogen-bond acceptors (Lipinski definition) is 4. The van der Waals surface area contributed by atoms with E-state index in [9.17, 15) is 0 Å². The number of hydrogen-bond donors (Lipinski definition) is 0. The Hall–Kier alpha value is -0.335. The molecule has 0 atom stereocenters. The Morgan fingerprint density at radius 2 is 1.85 bits per heavy atom. The summed E-state index contributed by atoms with van der Waals surface area (Å²) in [5, 5.41) is 0. The number of nitrogens with zero attached hydrogens (tertiary/aromatic N) is 1. The predicted octanol–water partition coefficient (Wildman–Crippen LogP) is 2.53. The lowest BCUT2D eigenvalue weighted by Gasteiger charge is -2.32. The molecule has 0 N–H and O–H groups in total. The van der Waals surface area contributed by atoms with Gasteiger partial charge in [0.05, 0.1) is 26.5 Å². The molecular formula is C14H19BINO3. The highest BCUT2D eigenvalue weighted by Gasteiger charge is 2.52. The second-order valence-corrected chi connectivity index (χ2v) is 7.61. The molecule has 2 fully saturated rings. The van der Waals surface area contributed by atoms with Crippen LogP contribution < -0.4 is 10.3 Å². The molecule has 108 valence electrons. The molecule has 0 amide bonds. The van der Waals surface area contributed by atoms with Crippen LogP contribution in [0.25, 0.3) is 0 Å². The molecule has 1 aromatic heterocycles. The summed E-state index contributed by atoms with van der Waals surface area (Å²) in [5.41, 5.74) is 0.0828. The van der Waals surface area contributed by atoms with Crippen LogP contribution >= 0.6 is 22.6 Å². The van der Waals surface area contributed by atoms with Crippen molar-refractivity contribution in [3.05, 3.63) is 15.8 Å². The Morgan fingerprint density at radius 1 is 1.25 bits per heavy atom. The number of pyridine rings is 1. The lowest BCUT2D eigenvalue weighted by atomic mass is 9.84. The molecule has 0 radical (unpaired) electrons. The third-order valence-electron chi connectivity index (χ3n) is 4.15. The molecule has 1 saturated heterocycles. The first-order valence-electron chi connectivity index (χ1n) is 6.96. The molecule has 0 bridgehead atoms. The molecule has 0 unspecified atom stereocenters. The SMILES string of the molecule is CC1(C)OB(c2cc(OC3CC3)c(I)cn2)OC1(C)C. The van der Waals surface area contributed by atoms with Crippen LogP contribution in [0.15, 0.2) is 12.3 Å². The molecule has 0 aromatic carbocycles. The molecule has 6 heteroatoms. The van der Waals surface area contributed by atoms with Crippen molar-refractivity contribution < 1.29 is 14.0 Å². The molecule has 2 heterocycles. The summed E-state index contributed by atoms with van der Waals surface area (Å²) in [6, 6.07) is 1.95. The Labute approximate surface area is 133 Å². The van der Waals surface area contributed by atoms with Crippen molar-refractivity contribution in [1.29, 1.82) is 0 Å². The molecule has 4 nitrogen and oxygen atoms in total. The van der Waals surface area contributed by atoms with Gasteiger partial charge in [-0.2, -0.15) is 0 Å². The standard InChI is InChI=1S/C14H19BINO3/c1-13(2)14(3,4)20-15(19-13)12-7-11(10(16)8-17-12)18-9-5-6-9/h7-9H,5-6H2,1-4H3. The second kappa shape index (κ2) is 4.85. The fourth-order valence-electron chi connectivity index (χ4n) is 1.98. The van der Waals surface area contributed by atoms with Gasteiger partial charge in [0, 0.05) is 6.20 Å². The summed E-state index contributed by atoms with van der Waals surface area (Å²) in [5.74, 6) is 0.882. The maximum atomic E-state index is 6.02. The molecule has 20 heavy (non-hydrogen) atoms. The van der Waals surface area contributed by atoms with Crippen LogP contribution in [-0.2, 0) is 9.31 Å². The zero-order valence-corrected chi connectivity index (χ0v) is 14.4. The van der Waals surface area contributed by atoms with E-state index in [4.69, 9.17) is 14.0 Å². The Balaban J connectivity index is 1.84. The van der Waals surface area contributed by atoms with Crippen LogP contribution in [0, 0.1) is 3.57 Å². The van der Waals surface area contributed by atoms with Crippen molar-refractivity contribution in [1.82, 2.24) is 4.98 Å². The van der Waals surface area contributed by atoms with E-state index in [-0.39, 0.29) is 11.2 Å². The third kappa shape index (κ3) is 2.70. The summed E-state index contributed by atoms with van der Waals surface area (Å²) in [6.45, 7) is 8.17. The predicted molar refractivity (Wildman–Crippen MR) is 86.3 cm³/mol. The minimum atomic E-state index is -0.432. The lowest BCUT2D eigenvalue weighted by molar-refractivity contribution is 0.00578. The number of rotatable bonds is 3. The van der Waals surface area contributed by atoms with E-state index in [2.05, 4.69) is 27.6 Å². The summed E-state index contributed by atoms with van der Waals surface area (Å²) in [7, 11) is -0.432. The van der Waals surface area contributed by atoms with Gasteiger partial charge in [0.15, 0.2) is 0 Å². The highest BCUT2D eigenvalue weighted by molar-refractivity contribution is 14.1. The first kappa shape index (κ1) is 14.6. The smallest absolute Gasteiger partial charge is 0.489 e. The van der Waals surface area contributed by atoms with Crippen LogP contribution in [0.5, 0.6) is 5.75 Å². The minimum Gasteiger partial charge on any atom is -0.489 e. The first-order chi connectivity index (χ1) is 9.28. The van der Waals surface area contributed by atoms with E-state index in [1.54, 1.807) is 0 Å². The van der Waals surface area contributed by atoms with Crippen LogP contribution in [0.1, 0.15) is 40.5 Å². The lowest BCUT2D eigenvalue weighted by Crippen LogP contribution is -2.41. The number of aromatic nitrogens is 1. The van der Waals surface area contributed by atoms with Crippen molar-refractivity contribution in [2.45, 2.75) is 57.8 Å². The summed E-state index contributed by atoms with van der Waals surface area (Å²) in [6.07, 6.45) is 4.48. The summed E-state index contributed by atoms with van der Waals surface area (Å²) in [4.78, 5) is 4.44. The Kier molecular flexibility index (Phi) is 3.54. The van der Waals surface area contributed by atoms with Crippen molar-refractivity contribution in [2.24, 2.45) is 0 Å². The second-order valence-electron chi connectivity index (χ2n) is 6.45. The van der Waals surface area contributed by atoms with Gasteiger partial charge in [0.2, 0.25) is 0 Å². The molecule has 1 saturated carbocycles. The first-order valence-corrected chi connectivity index (χ1v) is 8.04. The van der Waals surface area contributed by atoms with Crippen molar-refractivity contribution >= 4 is 35.3 Å². The van der Waals surface area contributed by atoms with E-state index < -0.39 is 7.12 Å². The van der Waals surface area contributed by atoms with Crippen molar-refractivity contribution in [2.75, 3.05) is 0 Å². The van der Waals surface area contributed by atoms with Crippen LogP contribution in [0.3, 0.4) is 0 Å². The monoisotopic (exact) mass is 387 g/mol. The highest BCUT2D eigenvalue weighted by atomic mass is 127. The third-order valence-corrected chi connectivity index (χ3v) is 4.96. The number of halogens is 1. The molecule has 1 aromatic rings. The van der Waals surface area contributed by atoms with Gasteiger partial charge in [-0.1, -0.05) is 0 Å². The number of ether oxygens (including phenoxy) is 1. The van der Waals surface area contributed by atoms with Gasteiger partial charge in [-0.05, 0) is 69.2 Å². The summed E-state index contributed by atoms with van der Waals surface area (Å²) >= 11 is 2.25. The highest BCUT2D eigenvalue weighted by Crippen LogP contribution is 2.37. The minimum absolute atomic E-state index is 0.347. The molecular weight excluding hydrogens is 368 g/mol. The summed E-state index contributed by atoms with van der Waals surface area (Å²) < 4.78 is 19.0. The zero-order chi connectivity index (χ0) is 14.5. The van der Waals surface area contributed by atoms with E-state index in [0.717, 1.165) is 27.8 Å². The van der Waals surface area contributed by atoms with Crippen molar-refractivity contribution in [3.8, 4) is 5.75 Å². The van der Waals surface area contributed by atoms with Gasteiger partial charge >= 0.3 is 7.12 Å². The van der Waals surface area contributed by atoms with E-state index in [1.165, 1.54) is 0 Å². The largest absolute Gasteiger partial charge is 0.514 e. The zero-order valence-electron chi connectivity index (χ0n) is 12.3. The van der Waals surface area contributed by atoms with E-state index in [1.807, 2.05) is 40.0 Å². The maximum absolute atomic E-state index is 6.02. The normalized spacial score (nSPS) is 23.9. The molecule has 1 aliphatic heterocycles. The van der Waals surface area contributed by atoms with Gasteiger partial charge in [-0.15, -0.1) is 0 Å². The van der Waals surface area contributed by atoms with Gasteiger partial charge in [0.1, 0.15) is 5.75 Å². The fraction of sp³-hybridized carbons (Fsp3) is 0.643. The average Bonchev–Trinajstić information content (AvgIpc) is 3.10.